The monoisotopic (exact) mass is 319 g/mol. The first kappa shape index (κ1) is 17.6. The molecule has 1 N–H and O–H groups in total. The highest BCUT2D eigenvalue weighted by Crippen LogP contribution is 2.19. The van der Waals surface area contributed by atoms with Crippen molar-refractivity contribution in [2.45, 2.75) is 26.8 Å². The van der Waals surface area contributed by atoms with Crippen molar-refractivity contribution in [2.75, 3.05) is 40.0 Å². The van der Waals surface area contributed by atoms with Crippen molar-refractivity contribution in [3.63, 3.8) is 0 Å². The molecule has 1 heterocycles. The third kappa shape index (κ3) is 5.43. The highest BCUT2D eigenvalue weighted by Gasteiger charge is 2.19. The van der Waals surface area contributed by atoms with Gasteiger partial charge in [0, 0.05) is 38.2 Å². The lowest BCUT2D eigenvalue weighted by Gasteiger charge is -2.24. The Morgan fingerprint density at radius 1 is 1.39 bits per heavy atom. The van der Waals surface area contributed by atoms with Gasteiger partial charge in [-0.15, -0.1) is 0 Å². The van der Waals surface area contributed by atoms with E-state index in [2.05, 4.69) is 30.3 Å². The lowest BCUT2D eigenvalue weighted by molar-refractivity contribution is 0.181. The fraction of sp³-hybridized carbons (Fsp3) is 0.611. The van der Waals surface area contributed by atoms with Crippen molar-refractivity contribution in [3.05, 3.63) is 29.8 Å². The van der Waals surface area contributed by atoms with Crippen LogP contribution < -0.4 is 10.1 Å². The summed E-state index contributed by atoms with van der Waals surface area (Å²) in [5.74, 6) is 2.45. The fourth-order valence-corrected chi connectivity index (χ4v) is 2.76. The van der Waals surface area contributed by atoms with Crippen LogP contribution in [0.15, 0.2) is 29.3 Å². The second-order valence-electron chi connectivity index (χ2n) is 5.82. The second kappa shape index (κ2) is 9.40. The van der Waals surface area contributed by atoms with E-state index < -0.39 is 0 Å². The molecule has 2 rings (SSSR count). The van der Waals surface area contributed by atoms with Gasteiger partial charge in [-0.25, -0.2) is 4.99 Å². The van der Waals surface area contributed by atoms with Crippen LogP contribution in [0.2, 0.25) is 0 Å². The summed E-state index contributed by atoms with van der Waals surface area (Å²) in [6.07, 6.45) is 1.14. The Kier molecular flexibility index (Phi) is 7.20. The molecule has 5 heteroatoms. The zero-order chi connectivity index (χ0) is 16.5. The molecule has 1 unspecified atom stereocenters. The number of ether oxygens (including phenoxy) is 2. The first-order chi connectivity index (χ1) is 11.2. The van der Waals surface area contributed by atoms with Gasteiger partial charge >= 0.3 is 0 Å². The Labute approximate surface area is 139 Å². The molecule has 0 aliphatic carbocycles. The molecule has 1 aromatic carbocycles. The van der Waals surface area contributed by atoms with E-state index in [0.717, 1.165) is 50.0 Å². The number of rotatable bonds is 7. The van der Waals surface area contributed by atoms with E-state index in [1.165, 1.54) is 0 Å². The lowest BCUT2D eigenvalue weighted by atomic mass is 10.1. The smallest absolute Gasteiger partial charge is 0.193 e. The molecule has 0 radical (unpaired) electrons. The highest BCUT2D eigenvalue weighted by atomic mass is 16.5. The minimum absolute atomic E-state index is 0.597. The Hall–Kier alpha value is -1.75. The number of benzene rings is 1. The van der Waals surface area contributed by atoms with Crippen molar-refractivity contribution in [1.29, 1.82) is 0 Å². The quantitative estimate of drug-likeness (QED) is 0.620. The highest BCUT2D eigenvalue weighted by molar-refractivity contribution is 5.79. The second-order valence-corrected chi connectivity index (χ2v) is 5.82. The van der Waals surface area contributed by atoms with Gasteiger partial charge < -0.3 is 19.7 Å². The van der Waals surface area contributed by atoms with Crippen molar-refractivity contribution < 1.29 is 9.47 Å². The zero-order valence-electron chi connectivity index (χ0n) is 14.5. The molecular weight excluding hydrogens is 290 g/mol. The molecule has 1 aliphatic rings. The molecule has 0 spiro atoms. The summed E-state index contributed by atoms with van der Waals surface area (Å²) in [5.41, 5.74) is 1.11. The SMILES string of the molecule is CCNC(=NCc1ccccc1OCC)N(C)CC1CCOC1. The summed E-state index contributed by atoms with van der Waals surface area (Å²) >= 11 is 0. The van der Waals surface area contributed by atoms with Gasteiger partial charge in [0.1, 0.15) is 5.75 Å². The van der Waals surface area contributed by atoms with Crippen molar-refractivity contribution in [1.82, 2.24) is 10.2 Å². The molecule has 1 aliphatic heterocycles. The van der Waals surface area contributed by atoms with Crippen LogP contribution in [0.5, 0.6) is 5.75 Å². The number of nitrogens with one attached hydrogen (secondary N) is 1. The van der Waals surface area contributed by atoms with Crippen LogP contribution in [0.25, 0.3) is 0 Å². The van der Waals surface area contributed by atoms with E-state index in [0.29, 0.717) is 19.1 Å². The van der Waals surface area contributed by atoms with Crippen LogP contribution >= 0.6 is 0 Å². The maximum Gasteiger partial charge on any atom is 0.193 e. The minimum Gasteiger partial charge on any atom is -0.494 e. The first-order valence-electron chi connectivity index (χ1n) is 8.52. The summed E-state index contributed by atoms with van der Waals surface area (Å²) in [7, 11) is 2.09. The van der Waals surface area contributed by atoms with E-state index in [-0.39, 0.29) is 0 Å². The van der Waals surface area contributed by atoms with E-state index in [1.807, 2.05) is 25.1 Å². The predicted octanol–water partition coefficient (Wildman–Crippen LogP) is 2.52. The Morgan fingerprint density at radius 2 is 2.22 bits per heavy atom. The zero-order valence-corrected chi connectivity index (χ0v) is 14.5. The lowest BCUT2D eigenvalue weighted by Crippen LogP contribution is -2.41. The Morgan fingerprint density at radius 3 is 2.91 bits per heavy atom. The van der Waals surface area contributed by atoms with Gasteiger partial charge in [-0.3, -0.25) is 0 Å². The number of aliphatic imine (C=N–C) groups is 1. The van der Waals surface area contributed by atoms with Crippen LogP contribution in [0.3, 0.4) is 0 Å². The van der Waals surface area contributed by atoms with Crippen molar-refractivity contribution in [2.24, 2.45) is 10.9 Å². The number of guanidine groups is 1. The summed E-state index contributed by atoms with van der Waals surface area (Å²) in [6, 6.07) is 8.10. The summed E-state index contributed by atoms with van der Waals surface area (Å²) in [4.78, 5) is 6.98. The molecule has 5 nitrogen and oxygen atoms in total. The molecule has 0 saturated carbocycles. The minimum atomic E-state index is 0.597. The molecule has 1 fully saturated rings. The van der Waals surface area contributed by atoms with Gasteiger partial charge in [-0.1, -0.05) is 18.2 Å². The maximum absolute atomic E-state index is 5.68. The normalized spacial score (nSPS) is 18.0. The van der Waals surface area contributed by atoms with Crippen LogP contribution in [-0.2, 0) is 11.3 Å². The van der Waals surface area contributed by atoms with E-state index in [1.54, 1.807) is 0 Å². The summed E-state index contributed by atoms with van der Waals surface area (Å²) < 4.78 is 11.1. The summed E-state index contributed by atoms with van der Waals surface area (Å²) in [5, 5.41) is 3.37. The van der Waals surface area contributed by atoms with Crippen LogP contribution in [0, 0.1) is 5.92 Å². The van der Waals surface area contributed by atoms with Crippen molar-refractivity contribution in [3.8, 4) is 5.75 Å². The predicted molar refractivity (Wildman–Crippen MR) is 94.0 cm³/mol. The first-order valence-corrected chi connectivity index (χ1v) is 8.52. The van der Waals surface area contributed by atoms with Crippen LogP contribution in [-0.4, -0.2) is 50.8 Å². The average Bonchev–Trinajstić information content (AvgIpc) is 3.06. The molecule has 1 atom stereocenters. The summed E-state index contributed by atoms with van der Waals surface area (Å²) in [6.45, 7) is 8.95. The third-order valence-corrected chi connectivity index (χ3v) is 3.92. The standard InChI is InChI=1S/C18H29N3O2/c1-4-19-18(21(3)13-15-10-11-22-14-15)20-12-16-8-6-7-9-17(16)23-5-2/h6-9,15H,4-5,10-14H2,1-3H3,(H,19,20). The molecule has 0 aromatic heterocycles. The molecule has 23 heavy (non-hydrogen) atoms. The van der Waals surface area contributed by atoms with Gasteiger partial charge in [0.05, 0.1) is 19.8 Å². The molecule has 1 aromatic rings. The topological polar surface area (TPSA) is 46.1 Å². The van der Waals surface area contributed by atoms with E-state index >= 15 is 0 Å². The average molecular weight is 319 g/mol. The Bertz CT molecular complexity index is 499. The Balaban J connectivity index is 2.02. The van der Waals surface area contributed by atoms with Crippen LogP contribution in [0.1, 0.15) is 25.8 Å². The molecule has 128 valence electrons. The third-order valence-electron chi connectivity index (χ3n) is 3.92. The largest absolute Gasteiger partial charge is 0.494 e. The van der Waals surface area contributed by atoms with E-state index in [4.69, 9.17) is 14.5 Å². The van der Waals surface area contributed by atoms with Gasteiger partial charge in [0.15, 0.2) is 5.96 Å². The number of hydrogen-bond acceptors (Lipinski definition) is 3. The molecule has 0 bridgehead atoms. The molecular formula is C18H29N3O2. The maximum atomic E-state index is 5.68. The molecule has 1 saturated heterocycles. The van der Waals surface area contributed by atoms with Gasteiger partial charge in [-0.05, 0) is 26.3 Å². The number of para-hydroxylation sites is 1. The van der Waals surface area contributed by atoms with Gasteiger partial charge in [0.25, 0.3) is 0 Å². The van der Waals surface area contributed by atoms with Crippen molar-refractivity contribution >= 4 is 5.96 Å². The number of nitrogens with zero attached hydrogens (tertiary/aromatic N) is 2. The number of hydrogen-bond donors (Lipinski definition) is 1. The van der Waals surface area contributed by atoms with E-state index in [9.17, 15) is 0 Å². The van der Waals surface area contributed by atoms with Gasteiger partial charge in [-0.2, -0.15) is 0 Å². The van der Waals surface area contributed by atoms with Gasteiger partial charge in [0.2, 0.25) is 0 Å². The molecule has 0 amide bonds. The fourth-order valence-electron chi connectivity index (χ4n) is 2.76. The van der Waals surface area contributed by atoms with Crippen LogP contribution in [0.4, 0.5) is 0 Å².